The number of hydrogen-bond donors (Lipinski definition) is 1. The predicted octanol–water partition coefficient (Wildman–Crippen LogP) is 1.88. The van der Waals surface area contributed by atoms with Crippen LogP contribution in [0.5, 0.6) is 11.8 Å². The number of methoxy groups -OCH3 is 1. The van der Waals surface area contributed by atoms with Crippen LogP contribution < -0.4 is 15.2 Å². The molecule has 0 saturated heterocycles. The number of ether oxygens (including phenoxy) is 2. The van der Waals surface area contributed by atoms with Crippen LogP contribution in [0, 0.1) is 29.6 Å². The number of nitrogens with zero attached hydrogens (tertiary/aromatic N) is 5. The molecule has 0 unspecified atom stereocenters. The third kappa shape index (κ3) is 3.74. The molecule has 0 amide bonds. The van der Waals surface area contributed by atoms with Crippen molar-refractivity contribution in [1.29, 1.82) is 5.26 Å². The fourth-order valence-corrected chi connectivity index (χ4v) is 5.24. The fraction of sp³-hybridized carbons (Fsp3) is 0.364. The average molecular weight is 449 g/mol. The van der Waals surface area contributed by atoms with Gasteiger partial charge in [0.05, 0.1) is 31.1 Å². The van der Waals surface area contributed by atoms with Crippen LogP contribution in [0.15, 0.2) is 29.6 Å². The van der Waals surface area contributed by atoms with E-state index in [-0.39, 0.29) is 36.3 Å². The van der Waals surface area contributed by atoms with E-state index in [1.807, 2.05) is 13.0 Å². The Morgan fingerprint density at radius 1 is 1.38 bits per heavy atom. The van der Waals surface area contributed by atoms with Crippen LogP contribution in [0.1, 0.15) is 35.0 Å². The molecule has 3 atom stereocenters. The molecule has 0 bridgehead atoms. The molecule has 0 radical (unpaired) electrons. The Morgan fingerprint density at radius 2 is 2.19 bits per heavy atom. The zero-order valence-corrected chi connectivity index (χ0v) is 18.3. The molecule has 9 nitrogen and oxygen atoms in total. The number of rotatable bonds is 7. The highest BCUT2D eigenvalue weighted by Crippen LogP contribution is 2.66. The second kappa shape index (κ2) is 8.13. The molecule has 162 valence electrons. The maximum absolute atomic E-state index is 12.8. The molecule has 2 N–H and O–H groups in total. The van der Waals surface area contributed by atoms with E-state index < -0.39 is 10.3 Å². The number of nitrogens with two attached hydrogens (primary N) is 1. The zero-order valence-electron chi connectivity index (χ0n) is 17.5. The standard InChI is InChI=1S/C22H20N6O3S/c1-4-5-31-18-11-25-15(10-26-18)16(29)7-13-6-14(19(30-3)27-9-13)21(2)17-8-22(17,12-23)32-20(24)28-21/h1,6,9-11,17H,5,7-8H2,2-3H3,(H2,24,28)/t17-,21+,22+/m0/s1. The molecule has 0 aromatic carbocycles. The minimum Gasteiger partial charge on any atom is -0.481 e. The quantitative estimate of drug-likeness (QED) is 0.497. The number of amidine groups is 1. The number of carbonyl (C=O) groups excluding carboxylic acids is 1. The second-order valence-electron chi connectivity index (χ2n) is 7.69. The molecule has 4 rings (SSSR count). The zero-order chi connectivity index (χ0) is 22.9. The van der Waals surface area contributed by atoms with Crippen molar-refractivity contribution >= 4 is 22.7 Å². The number of terminal acetylenes is 1. The lowest BCUT2D eigenvalue weighted by Gasteiger charge is -2.32. The van der Waals surface area contributed by atoms with Gasteiger partial charge in [-0.05, 0) is 25.0 Å². The molecule has 0 spiro atoms. The topological polar surface area (TPSA) is 136 Å². The second-order valence-corrected chi connectivity index (χ2v) is 9.04. The molecular weight excluding hydrogens is 428 g/mol. The van der Waals surface area contributed by atoms with Crippen molar-refractivity contribution in [2.24, 2.45) is 16.6 Å². The van der Waals surface area contributed by atoms with E-state index in [2.05, 4.69) is 31.9 Å². The number of fused-ring (bicyclic) bond motifs is 1. The highest BCUT2D eigenvalue weighted by molar-refractivity contribution is 8.15. The highest BCUT2D eigenvalue weighted by Gasteiger charge is 2.67. The first-order valence-electron chi connectivity index (χ1n) is 9.75. The van der Waals surface area contributed by atoms with Gasteiger partial charge in [-0.3, -0.25) is 9.79 Å². The van der Waals surface area contributed by atoms with Crippen LogP contribution >= 0.6 is 11.8 Å². The minimum absolute atomic E-state index is 0.0274. The lowest BCUT2D eigenvalue weighted by molar-refractivity contribution is 0.0987. The molecule has 32 heavy (non-hydrogen) atoms. The summed E-state index contributed by atoms with van der Waals surface area (Å²) in [5, 5.41) is 10.0. The van der Waals surface area contributed by atoms with Crippen molar-refractivity contribution in [3.8, 4) is 30.2 Å². The molecule has 2 aromatic heterocycles. The Morgan fingerprint density at radius 3 is 2.84 bits per heavy atom. The van der Waals surface area contributed by atoms with Crippen LogP contribution in [0.2, 0.25) is 0 Å². The Kier molecular flexibility index (Phi) is 5.49. The number of nitriles is 1. The maximum Gasteiger partial charge on any atom is 0.233 e. The molecule has 1 aliphatic carbocycles. The largest absolute Gasteiger partial charge is 0.481 e. The van der Waals surface area contributed by atoms with Gasteiger partial charge >= 0.3 is 0 Å². The summed E-state index contributed by atoms with van der Waals surface area (Å²) in [5.41, 5.74) is 6.84. The van der Waals surface area contributed by atoms with E-state index in [0.717, 1.165) is 0 Å². The number of Topliss-reactive ketones (excluding diaryl/α,β-unsaturated/α-hetero) is 1. The molecule has 1 saturated carbocycles. The van der Waals surface area contributed by atoms with Gasteiger partial charge in [0.15, 0.2) is 17.6 Å². The van der Waals surface area contributed by atoms with Crippen molar-refractivity contribution in [2.75, 3.05) is 13.7 Å². The Labute approximate surface area is 189 Å². The molecule has 1 fully saturated rings. The average Bonchev–Trinajstić information content (AvgIpc) is 3.54. The Balaban J connectivity index is 1.61. The van der Waals surface area contributed by atoms with Crippen molar-refractivity contribution in [3.63, 3.8) is 0 Å². The van der Waals surface area contributed by atoms with Crippen molar-refractivity contribution in [2.45, 2.75) is 30.1 Å². The van der Waals surface area contributed by atoms with E-state index in [0.29, 0.717) is 28.6 Å². The first-order valence-corrected chi connectivity index (χ1v) is 10.6. The molecule has 3 heterocycles. The minimum atomic E-state index is -0.779. The summed E-state index contributed by atoms with van der Waals surface area (Å²) in [6, 6.07) is 4.23. The first kappa shape index (κ1) is 21.6. The summed E-state index contributed by atoms with van der Waals surface area (Å²) in [7, 11) is 1.52. The number of carbonyl (C=O) groups is 1. The third-order valence-corrected chi connectivity index (χ3v) is 6.84. The number of hydrogen-bond acceptors (Lipinski definition) is 10. The molecule has 10 heteroatoms. The number of aliphatic imine (C=N–C) groups is 1. The van der Waals surface area contributed by atoms with Gasteiger partial charge in [0, 0.05) is 24.1 Å². The van der Waals surface area contributed by atoms with Crippen LogP contribution in [-0.4, -0.2) is 44.4 Å². The third-order valence-electron chi connectivity index (χ3n) is 5.64. The van der Waals surface area contributed by atoms with Gasteiger partial charge in [0.2, 0.25) is 11.8 Å². The Hall–Kier alpha value is -3.63. The van der Waals surface area contributed by atoms with E-state index >= 15 is 0 Å². The number of aromatic nitrogens is 3. The van der Waals surface area contributed by atoms with Gasteiger partial charge in [-0.15, -0.1) is 6.42 Å². The maximum atomic E-state index is 12.8. The molecule has 2 aromatic rings. The van der Waals surface area contributed by atoms with Gasteiger partial charge in [-0.1, -0.05) is 17.7 Å². The summed E-state index contributed by atoms with van der Waals surface area (Å²) in [4.78, 5) is 30.0. The lowest BCUT2D eigenvalue weighted by Crippen LogP contribution is -2.35. The SMILES string of the molecule is C#CCOc1cnc(C(=O)Cc2cnc(OC)c([C@@]3(C)N=C(N)S[C@@]4(C#N)C[C@H]43)c2)cn1. The normalized spacial score (nSPS) is 25.5. The van der Waals surface area contributed by atoms with E-state index in [1.165, 1.54) is 31.3 Å². The summed E-state index contributed by atoms with van der Waals surface area (Å²) < 4.78 is 10.1. The molecule has 2 aliphatic rings. The van der Waals surface area contributed by atoms with Crippen LogP contribution in [0.25, 0.3) is 0 Å². The fourth-order valence-electron chi connectivity index (χ4n) is 3.96. The highest BCUT2D eigenvalue weighted by atomic mass is 32.2. The van der Waals surface area contributed by atoms with E-state index in [1.54, 1.807) is 6.20 Å². The number of pyridine rings is 1. The molecule has 1 aliphatic heterocycles. The number of ketones is 1. The summed E-state index contributed by atoms with van der Waals surface area (Å²) >= 11 is 1.31. The predicted molar refractivity (Wildman–Crippen MR) is 118 cm³/mol. The van der Waals surface area contributed by atoms with E-state index in [9.17, 15) is 10.1 Å². The smallest absolute Gasteiger partial charge is 0.233 e. The van der Waals surface area contributed by atoms with Gasteiger partial charge in [0.25, 0.3) is 0 Å². The molecular formula is C22H20N6O3S. The van der Waals surface area contributed by atoms with Crippen LogP contribution in [0.4, 0.5) is 0 Å². The van der Waals surface area contributed by atoms with Gasteiger partial charge in [0.1, 0.15) is 10.4 Å². The monoisotopic (exact) mass is 448 g/mol. The van der Waals surface area contributed by atoms with Crippen molar-refractivity contribution in [1.82, 2.24) is 15.0 Å². The van der Waals surface area contributed by atoms with Crippen LogP contribution in [0.3, 0.4) is 0 Å². The number of thioether (sulfide) groups is 1. The van der Waals surface area contributed by atoms with Crippen LogP contribution in [-0.2, 0) is 12.0 Å². The van der Waals surface area contributed by atoms with Crippen molar-refractivity contribution < 1.29 is 14.3 Å². The Bertz CT molecular complexity index is 1190. The van der Waals surface area contributed by atoms with Gasteiger partial charge in [-0.2, -0.15) is 5.26 Å². The summed E-state index contributed by atoms with van der Waals surface area (Å²) in [6.07, 6.45) is 10.2. The first-order chi connectivity index (χ1) is 15.3. The lowest BCUT2D eigenvalue weighted by atomic mass is 9.85. The summed E-state index contributed by atoms with van der Waals surface area (Å²) in [5.74, 6) is 2.71. The van der Waals surface area contributed by atoms with E-state index in [4.69, 9.17) is 21.6 Å². The summed E-state index contributed by atoms with van der Waals surface area (Å²) in [6.45, 7) is 2.00. The van der Waals surface area contributed by atoms with Gasteiger partial charge < -0.3 is 15.2 Å². The van der Waals surface area contributed by atoms with Crippen molar-refractivity contribution in [3.05, 3.63) is 41.5 Å². The van der Waals surface area contributed by atoms with Gasteiger partial charge in [-0.25, -0.2) is 15.0 Å².